The van der Waals surface area contributed by atoms with Gasteiger partial charge in [0.15, 0.2) is 0 Å². The molecule has 5 heteroatoms. The molecule has 0 fully saturated rings. The maximum atomic E-state index is 12.1. The molecule has 0 aromatic heterocycles. The van der Waals surface area contributed by atoms with Gasteiger partial charge in [-0.15, -0.1) is 0 Å². The van der Waals surface area contributed by atoms with Crippen LogP contribution in [0.2, 0.25) is 0 Å². The summed E-state index contributed by atoms with van der Waals surface area (Å²) in [5.41, 5.74) is -0.984. The molecule has 0 spiro atoms. The number of carboxylic acids is 1. The van der Waals surface area contributed by atoms with E-state index in [-0.39, 0.29) is 12.1 Å². The standard InChI is InChI=1S/C16H24N2O3/c1-11(12-9-7-6-8-10-12)17-14(21)18-16(4,5)15(2,3)13(19)20/h6-11H,1-5H3,(H,19,20)(H2,17,18,21). The lowest BCUT2D eigenvalue weighted by atomic mass is 9.74. The predicted molar refractivity (Wildman–Crippen MR) is 82.0 cm³/mol. The summed E-state index contributed by atoms with van der Waals surface area (Å²) in [5.74, 6) is -0.955. The van der Waals surface area contributed by atoms with Crippen LogP contribution in [0, 0.1) is 5.41 Å². The molecule has 3 N–H and O–H groups in total. The fourth-order valence-electron chi connectivity index (χ4n) is 1.77. The van der Waals surface area contributed by atoms with E-state index in [0.717, 1.165) is 5.56 Å². The number of carbonyl (C=O) groups is 2. The second kappa shape index (κ2) is 6.16. The highest BCUT2D eigenvalue weighted by Gasteiger charge is 2.44. The smallest absolute Gasteiger partial charge is 0.315 e. The van der Waals surface area contributed by atoms with Crippen molar-refractivity contribution in [2.45, 2.75) is 46.2 Å². The van der Waals surface area contributed by atoms with E-state index in [1.807, 2.05) is 37.3 Å². The van der Waals surface area contributed by atoms with Crippen LogP contribution in [0.3, 0.4) is 0 Å². The van der Waals surface area contributed by atoms with Crippen LogP contribution in [0.5, 0.6) is 0 Å². The maximum absolute atomic E-state index is 12.1. The van der Waals surface area contributed by atoms with Gasteiger partial charge in [0.2, 0.25) is 0 Å². The first kappa shape index (κ1) is 17.0. The number of hydrogen-bond donors (Lipinski definition) is 3. The van der Waals surface area contributed by atoms with Crippen molar-refractivity contribution in [1.29, 1.82) is 0 Å². The third-order valence-corrected chi connectivity index (χ3v) is 4.17. The SMILES string of the molecule is CC(NC(=O)NC(C)(C)C(C)(C)C(=O)O)c1ccccc1. The van der Waals surface area contributed by atoms with E-state index in [1.54, 1.807) is 27.7 Å². The van der Waals surface area contributed by atoms with E-state index in [4.69, 9.17) is 0 Å². The molecular weight excluding hydrogens is 268 g/mol. The largest absolute Gasteiger partial charge is 0.481 e. The minimum atomic E-state index is -1.08. The van der Waals surface area contributed by atoms with Crippen molar-refractivity contribution in [3.8, 4) is 0 Å². The number of benzene rings is 1. The Hall–Kier alpha value is -2.04. The van der Waals surface area contributed by atoms with Crippen molar-refractivity contribution in [2.75, 3.05) is 0 Å². The van der Waals surface area contributed by atoms with Crippen LogP contribution < -0.4 is 10.6 Å². The second-order valence-corrected chi connectivity index (χ2v) is 6.29. The fraction of sp³-hybridized carbons (Fsp3) is 0.500. The highest BCUT2D eigenvalue weighted by molar-refractivity contribution is 5.79. The van der Waals surface area contributed by atoms with Crippen LogP contribution in [-0.2, 0) is 4.79 Å². The normalized spacial score (nSPS) is 13.4. The molecule has 2 amide bonds. The molecule has 0 aliphatic heterocycles. The lowest BCUT2D eigenvalue weighted by Gasteiger charge is -2.39. The molecule has 0 aliphatic carbocycles. The molecule has 1 unspecified atom stereocenters. The van der Waals surface area contributed by atoms with Gasteiger partial charge in [0.1, 0.15) is 0 Å². The Morgan fingerprint density at radius 1 is 1.10 bits per heavy atom. The van der Waals surface area contributed by atoms with Crippen molar-refractivity contribution in [2.24, 2.45) is 5.41 Å². The molecule has 21 heavy (non-hydrogen) atoms. The number of amides is 2. The van der Waals surface area contributed by atoms with Gasteiger partial charge in [-0.1, -0.05) is 30.3 Å². The quantitative estimate of drug-likeness (QED) is 0.780. The van der Waals surface area contributed by atoms with Gasteiger partial charge in [-0.2, -0.15) is 0 Å². The number of carboxylic acid groups (broad SMARTS) is 1. The van der Waals surface area contributed by atoms with Crippen LogP contribution >= 0.6 is 0 Å². The average Bonchev–Trinajstić information content (AvgIpc) is 2.38. The summed E-state index contributed by atoms with van der Waals surface area (Å²) in [7, 11) is 0. The van der Waals surface area contributed by atoms with Gasteiger partial charge in [0.25, 0.3) is 0 Å². The molecule has 1 aromatic carbocycles. The summed E-state index contributed by atoms with van der Waals surface area (Å²) in [6.45, 7) is 8.47. The summed E-state index contributed by atoms with van der Waals surface area (Å²) in [6, 6.07) is 9.04. The summed E-state index contributed by atoms with van der Waals surface area (Å²) in [5, 5.41) is 14.8. The van der Waals surface area contributed by atoms with Crippen LogP contribution in [0.25, 0.3) is 0 Å². The fourth-order valence-corrected chi connectivity index (χ4v) is 1.77. The summed E-state index contributed by atoms with van der Waals surface area (Å²) in [6.07, 6.45) is 0. The number of carbonyl (C=O) groups excluding carboxylic acids is 1. The van der Waals surface area contributed by atoms with Gasteiger partial charge >= 0.3 is 12.0 Å². The van der Waals surface area contributed by atoms with Crippen molar-refractivity contribution in [3.63, 3.8) is 0 Å². The molecule has 1 aromatic rings. The van der Waals surface area contributed by atoms with Gasteiger partial charge in [-0.05, 0) is 40.2 Å². The molecule has 0 aliphatic rings. The Morgan fingerprint density at radius 3 is 2.10 bits per heavy atom. The highest BCUT2D eigenvalue weighted by atomic mass is 16.4. The first-order valence-electron chi connectivity index (χ1n) is 6.95. The molecule has 0 saturated heterocycles. The minimum Gasteiger partial charge on any atom is -0.481 e. The lowest BCUT2D eigenvalue weighted by Crippen LogP contribution is -2.59. The monoisotopic (exact) mass is 292 g/mol. The predicted octanol–water partition coefficient (Wildman–Crippen LogP) is 2.94. The van der Waals surface area contributed by atoms with Gasteiger partial charge in [-0.25, -0.2) is 4.79 Å². The number of urea groups is 1. The molecule has 0 heterocycles. The van der Waals surface area contributed by atoms with E-state index in [9.17, 15) is 14.7 Å². The lowest BCUT2D eigenvalue weighted by molar-refractivity contribution is -0.150. The van der Waals surface area contributed by atoms with Crippen LogP contribution in [0.4, 0.5) is 4.79 Å². The summed E-state index contributed by atoms with van der Waals surface area (Å²) < 4.78 is 0. The summed E-state index contributed by atoms with van der Waals surface area (Å²) >= 11 is 0. The van der Waals surface area contributed by atoms with Crippen LogP contribution in [-0.4, -0.2) is 22.6 Å². The van der Waals surface area contributed by atoms with Gasteiger partial charge in [0.05, 0.1) is 17.0 Å². The van der Waals surface area contributed by atoms with Crippen molar-refractivity contribution in [1.82, 2.24) is 10.6 Å². The zero-order chi connectivity index (χ0) is 16.3. The zero-order valence-corrected chi connectivity index (χ0v) is 13.2. The van der Waals surface area contributed by atoms with Crippen molar-refractivity contribution in [3.05, 3.63) is 35.9 Å². The zero-order valence-electron chi connectivity index (χ0n) is 13.2. The van der Waals surface area contributed by atoms with Crippen LogP contribution in [0.15, 0.2) is 30.3 Å². The molecular formula is C16H24N2O3. The number of aliphatic carboxylic acids is 1. The van der Waals surface area contributed by atoms with E-state index in [1.165, 1.54) is 0 Å². The molecule has 0 bridgehead atoms. The topological polar surface area (TPSA) is 78.4 Å². The highest BCUT2D eigenvalue weighted by Crippen LogP contribution is 2.30. The summed E-state index contributed by atoms with van der Waals surface area (Å²) in [4.78, 5) is 23.4. The third-order valence-electron chi connectivity index (χ3n) is 4.17. The molecule has 0 saturated carbocycles. The van der Waals surface area contributed by atoms with E-state index in [0.29, 0.717) is 0 Å². The van der Waals surface area contributed by atoms with Gasteiger partial charge < -0.3 is 15.7 Å². The van der Waals surface area contributed by atoms with E-state index < -0.39 is 16.9 Å². The Kier molecular flexibility index (Phi) is 4.99. The Bertz CT molecular complexity index is 510. The first-order valence-corrected chi connectivity index (χ1v) is 6.95. The number of hydrogen-bond acceptors (Lipinski definition) is 2. The number of nitrogens with one attached hydrogen (secondary N) is 2. The van der Waals surface area contributed by atoms with Crippen molar-refractivity contribution < 1.29 is 14.7 Å². The van der Waals surface area contributed by atoms with E-state index in [2.05, 4.69) is 10.6 Å². The van der Waals surface area contributed by atoms with E-state index >= 15 is 0 Å². The molecule has 1 atom stereocenters. The molecule has 5 nitrogen and oxygen atoms in total. The maximum Gasteiger partial charge on any atom is 0.315 e. The van der Waals surface area contributed by atoms with Gasteiger partial charge in [-0.3, -0.25) is 4.79 Å². The van der Waals surface area contributed by atoms with Crippen molar-refractivity contribution >= 4 is 12.0 Å². The molecule has 1 rings (SSSR count). The second-order valence-electron chi connectivity index (χ2n) is 6.29. The first-order chi connectivity index (χ1) is 9.58. The Balaban J connectivity index is 2.71. The Morgan fingerprint density at radius 2 is 1.62 bits per heavy atom. The Labute approximate surface area is 125 Å². The third kappa shape index (κ3) is 3.97. The molecule has 0 radical (unpaired) electrons. The van der Waals surface area contributed by atoms with Crippen LogP contribution in [0.1, 0.15) is 46.2 Å². The minimum absolute atomic E-state index is 0.157. The van der Waals surface area contributed by atoms with Gasteiger partial charge in [0, 0.05) is 0 Å². The number of rotatable bonds is 5. The average molecular weight is 292 g/mol. The molecule has 116 valence electrons.